The summed E-state index contributed by atoms with van der Waals surface area (Å²) in [6.07, 6.45) is 0. The van der Waals surface area contributed by atoms with Gasteiger partial charge in [-0.05, 0) is 29.0 Å². The SMILES string of the molecule is COC(=O)C1=C(CN2CCOCC2)NC(c2ccc3ccccc3c2)=NC1c1ccc(F)cc1Cl. The third-order valence-corrected chi connectivity index (χ3v) is 6.62. The number of hydrogen-bond acceptors (Lipinski definition) is 6. The van der Waals surface area contributed by atoms with Crippen molar-refractivity contribution < 1.29 is 18.7 Å². The first-order valence-electron chi connectivity index (χ1n) is 11.4. The molecule has 1 atom stereocenters. The van der Waals surface area contributed by atoms with Crippen LogP contribution in [0.2, 0.25) is 5.02 Å². The number of amidine groups is 1. The summed E-state index contributed by atoms with van der Waals surface area (Å²) in [5, 5.41) is 5.79. The topological polar surface area (TPSA) is 63.2 Å². The number of morpholine rings is 1. The molecule has 0 radical (unpaired) electrons. The highest BCUT2D eigenvalue weighted by atomic mass is 35.5. The van der Waals surface area contributed by atoms with Crippen LogP contribution in [0.5, 0.6) is 0 Å². The summed E-state index contributed by atoms with van der Waals surface area (Å²) < 4.78 is 24.5. The molecule has 5 rings (SSSR count). The highest BCUT2D eigenvalue weighted by Gasteiger charge is 2.34. The van der Waals surface area contributed by atoms with Gasteiger partial charge in [0.2, 0.25) is 0 Å². The highest BCUT2D eigenvalue weighted by Crippen LogP contribution is 2.37. The Bertz CT molecular complexity index is 1330. The van der Waals surface area contributed by atoms with Crippen molar-refractivity contribution in [3.05, 3.63) is 93.9 Å². The molecule has 3 aromatic rings. The molecular weight excluding hydrogens is 469 g/mol. The fraction of sp³-hybridized carbons (Fsp3) is 0.259. The van der Waals surface area contributed by atoms with Crippen molar-refractivity contribution in [3.63, 3.8) is 0 Å². The molecule has 0 amide bonds. The number of esters is 1. The Balaban J connectivity index is 1.64. The van der Waals surface area contributed by atoms with E-state index in [1.807, 2.05) is 30.3 Å². The molecule has 1 N–H and O–H groups in total. The molecule has 2 aliphatic heterocycles. The Morgan fingerprint density at radius 2 is 1.91 bits per heavy atom. The largest absolute Gasteiger partial charge is 0.466 e. The molecule has 1 fully saturated rings. The van der Waals surface area contributed by atoms with Gasteiger partial charge in [-0.1, -0.05) is 54.1 Å². The lowest BCUT2D eigenvalue weighted by atomic mass is 9.94. The molecule has 1 saturated heterocycles. The monoisotopic (exact) mass is 493 g/mol. The Kier molecular flexibility index (Phi) is 6.81. The number of halogens is 2. The predicted octanol–water partition coefficient (Wildman–Crippen LogP) is 4.48. The van der Waals surface area contributed by atoms with Crippen molar-refractivity contribution in [1.82, 2.24) is 10.2 Å². The van der Waals surface area contributed by atoms with Gasteiger partial charge in [0.1, 0.15) is 17.7 Å². The average molecular weight is 494 g/mol. The molecule has 6 nitrogen and oxygen atoms in total. The minimum Gasteiger partial charge on any atom is -0.466 e. The molecule has 0 saturated carbocycles. The Labute approximate surface area is 208 Å². The van der Waals surface area contributed by atoms with E-state index < -0.39 is 17.8 Å². The van der Waals surface area contributed by atoms with Gasteiger partial charge >= 0.3 is 5.97 Å². The number of nitrogens with zero attached hydrogens (tertiary/aromatic N) is 2. The molecule has 2 heterocycles. The maximum absolute atomic E-state index is 13.9. The third kappa shape index (κ3) is 4.93. The summed E-state index contributed by atoms with van der Waals surface area (Å²) >= 11 is 6.46. The average Bonchev–Trinajstić information content (AvgIpc) is 2.88. The van der Waals surface area contributed by atoms with Gasteiger partial charge in [0.15, 0.2) is 0 Å². The van der Waals surface area contributed by atoms with E-state index in [-0.39, 0.29) is 5.02 Å². The lowest BCUT2D eigenvalue weighted by Crippen LogP contribution is -2.43. The highest BCUT2D eigenvalue weighted by molar-refractivity contribution is 6.31. The zero-order valence-corrected chi connectivity index (χ0v) is 20.0. The lowest BCUT2D eigenvalue weighted by molar-refractivity contribution is -0.136. The standard InChI is InChI=1S/C27H25ClFN3O3/c1-34-27(33)24-23(16-32-10-12-35-13-11-32)30-26(19-7-6-17-4-2-3-5-18(17)14-19)31-25(24)21-9-8-20(29)15-22(21)28/h2-9,14-15,25H,10-13,16H2,1H3,(H,30,31). The number of rotatable bonds is 5. The van der Waals surface area contributed by atoms with Crippen LogP contribution in [0.3, 0.4) is 0 Å². The fourth-order valence-electron chi connectivity index (χ4n) is 4.49. The maximum Gasteiger partial charge on any atom is 0.338 e. The zero-order valence-electron chi connectivity index (χ0n) is 19.3. The first-order chi connectivity index (χ1) is 17.0. The van der Waals surface area contributed by atoms with Crippen molar-refractivity contribution in [3.8, 4) is 0 Å². The van der Waals surface area contributed by atoms with Crippen LogP contribution in [0.25, 0.3) is 10.8 Å². The minimum absolute atomic E-state index is 0.200. The molecule has 1 unspecified atom stereocenters. The number of hydrogen-bond donors (Lipinski definition) is 1. The van der Waals surface area contributed by atoms with E-state index in [1.54, 1.807) is 6.07 Å². The second kappa shape index (κ2) is 10.2. The summed E-state index contributed by atoms with van der Waals surface area (Å²) in [4.78, 5) is 20.2. The third-order valence-electron chi connectivity index (χ3n) is 6.30. The van der Waals surface area contributed by atoms with Crippen LogP contribution in [-0.4, -0.2) is 56.7 Å². The van der Waals surface area contributed by atoms with Crippen LogP contribution in [0.1, 0.15) is 17.2 Å². The summed E-state index contributed by atoms with van der Waals surface area (Å²) in [5.74, 6) is -0.354. The number of nitrogens with one attached hydrogen (secondary N) is 1. The maximum atomic E-state index is 13.9. The zero-order chi connectivity index (χ0) is 24.4. The molecule has 2 aliphatic rings. The van der Waals surface area contributed by atoms with Gasteiger partial charge in [0.05, 0.1) is 25.9 Å². The lowest BCUT2D eigenvalue weighted by Gasteiger charge is -2.32. The van der Waals surface area contributed by atoms with E-state index in [0.29, 0.717) is 42.4 Å². The van der Waals surface area contributed by atoms with E-state index >= 15 is 0 Å². The molecule has 8 heteroatoms. The summed E-state index contributed by atoms with van der Waals surface area (Å²) in [7, 11) is 1.34. The van der Waals surface area contributed by atoms with Gasteiger partial charge in [0.25, 0.3) is 0 Å². The first-order valence-corrected chi connectivity index (χ1v) is 11.8. The van der Waals surface area contributed by atoms with Crippen molar-refractivity contribution >= 4 is 34.2 Å². The number of carbonyl (C=O) groups is 1. The predicted molar refractivity (Wildman–Crippen MR) is 134 cm³/mol. The van der Waals surface area contributed by atoms with Gasteiger partial charge in [0, 0.05) is 41.5 Å². The summed E-state index contributed by atoms with van der Waals surface area (Å²) in [6, 6.07) is 17.5. The van der Waals surface area contributed by atoms with Gasteiger partial charge in [-0.25, -0.2) is 9.18 Å². The van der Waals surface area contributed by atoms with Crippen molar-refractivity contribution in [1.29, 1.82) is 0 Å². The Morgan fingerprint density at radius 1 is 1.14 bits per heavy atom. The smallest absolute Gasteiger partial charge is 0.338 e. The number of methoxy groups -OCH3 is 1. The van der Waals surface area contributed by atoms with Crippen LogP contribution in [0, 0.1) is 5.82 Å². The second-order valence-corrected chi connectivity index (χ2v) is 8.91. The molecule has 3 aromatic carbocycles. The number of aliphatic imine (C=N–C) groups is 1. The van der Waals surface area contributed by atoms with Crippen LogP contribution in [0.4, 0.5) is 4.39 Å². The van der Waals surface area contributed by atoms with Gasteiger partial charge < -0.3 is 14.8 Å². The van der Waals surface area contributed by atoms with Crippen LogP contribution in [-0.2, 0) is 14.3 Å². The number of carbonyl (C=O) groups excluding carboxylic acids is 1. The van der Waals surface area contributed by atoms with Gasteiger partial charge in [-0.2, -0.15) is 0 Å². The normalized spacial score (nSPS) is 18.8. The Hall–Kier alpha value is -3.26. The number of ether oxygens (including phenoxy) is 2. The van der Waals surface area contributed by atoms with Crippen molar-refractivity contribution in [2.24, 2.45) is 4.99 Å². The number of fused-ring (bicyclic) bond motifs is 1. The molecule has 0 bridgehead atoms. The van der Waals surface area contributed by atoms with E-state index in [1.165, 1.54) is 19.2 Å². The van der Waals surface area contributed by atoms with E-state index in [9.17, 15) is 9.18 Å². The first kappa shape index (κ1) is 23.5. The number of benzene rings is 3. The Morgan fingerprint density at radius 3 is 2.66 bits per heavy atom. The molecule has 180 valence electrons. The van der Waals surface area contributed by atoms with Crippen LogP contribution in [0.15, 0.2) is 76.9 Å². The van der Waals surface area contributed by atoms with Crippen LogP contribution < -0.4 is 5.32 Å². The summed E-state index contributed by atoms with van der Waals surface area (Å²) in [5.41, 5.74) is 2.45. The molecular formula is C27H25ClFN3O3. The van der Waals surface area contributed by atoms with Crippen LogP contribution >= 0.6 is 11.6 Å². The van der Waals surface area contributed by atoms with E-state index in [0.717, 1.165) is 29.4 Å². The summed E-state index contributed by atoms with van der Waals surface area (Å²) in [6.45, 7) is 3.21. The second-order valence-electron chi connectivity index (χ2n) is 8.51. The van der Waals surface area contributed by atoms with Gasteiger partial charge in [-0.15, -0.1) is 0 Å². The molecule has 35 heavy (non-hydrogen) atoms. The minimum atomic E-state index is -0.755. The molecule has 0 aromatic heterocycles. The van der Waals surface area contributed by atoms with E-state index in [2.05, 4.69) is 22.3 Å². The van der Waals surface area contributed by atoms with Crippen molar-refractivity contribution in [2.45, 2.75) is 6.04 Å². The van der Waals surface area contributed by atoms with Gasteiger partial charge in [-0.3, -0.25) is 9.89 Å². The van der Waals surface area contributed by atoms with Crippen molar-refractivity contribution in [2.75, 3.05) is 40.0 Å². The quantitative estimate of drug-likeness (QED) is 0.531. The van der Waals surface area contributed by atoms with E-state index in [4.69, 9.17) is 26.1 Å². The molecule has 0 spiro atoms. The fourth-order valence-corrected chi connectivity index (χ4v) is 4.76. The molecule has 0 aliphatic carbocycles.